The number of nitrogens with zero attached hydrogens (tertiary/aromatic N) is 2. The summed E-state index contributed by atoms with van der Waals surface area (Å²) in [6, 6.07) is 2.33. The molecule has 1 fully saturated rings. The summed E-state index contributed by atoms with van der Waals surface area (Å²) in [6.45, 7) is 2.16. The van der Waals surface area contributed by atoms with Gasteiger partial charge in [-0.1, -0.05) is 0 Å². The van der Waals surface area contributed by atoms with Crippen molar-refractivity contribution in [1.82, 2.24) is 14.8 Å². The number of hydrogen-bond donors (Lipinski definition) is 2. The zero-order chi connectivity index (χ0) is 22.8. The predicted molar refractivity (Wildman–Crippen MR) is 111 cm³/mol. The molecule has 0 unspecified atom stereocenters. The predicted octanol–water partition coefficient (Wildman–Crippen LogP) is 2.35. The third-order valence-electron chi connectivity index (χ3n) is 6.98. The van der Waals surface area contributed by atoms with Gasteiger partial charge in [0, 0.05) is 30.9 Å². The minimum absolute atomic E-state index is 0.0529. The molecule has 2 N–H and O–H groups in total. The number of aryl methyl sites for hydroxylation is 1. The highest BCUT2D eigenvalue weighted by molar-refractivity contribution is 6.00. The molecule has 4 heterocycles. The van der Waals surface area contributed by atoms with Crippen molar-refractivity contribution in [3.8, 4) is 5.75 Å². The molecule has 0 radical (unpaired) electrons. The van der Waals surface area contributed by atoms with Crippen LogP contribution in [-0.4, -0.2) is 39.5 Å². The van der Waals surface area contributed by atoms with Crippen LogP contribution in [0.15, 0.2) is 16.9 Å². The quantitative estimate of drug-likeness (QED) is 0.762. The Kier molecular flexibility index (Phi) is 4.61. The van der Waals surface area contributed by atoms with Gasteiger partial charge in [0.2, 0.25) is 5.43 Å². The molecule has 1 atom stereocenters. The molecule has 9 heteroatoms. The number of aromatic nitrogens is 1. The van der Waals surface area contributed by atoms with Crippen molar-refractivity contribution in [1.29, 1.82) is 0 Å². The highest BCUT2D eigenvalue weighted by atomic mass is 19.1. The van der Waals surface area contributed by atoms with Crippen LogP contribution in [0.3, 0.4) is 0 Å². The van der Waals surface area contributed by atoms with Gasteiger partial charge >= 0.3 is 0 Å². The summed E-state index contributed by atoms with van der Waals surface area (Å²) >= 11 is 0. The normalized spacial score (nSPS) is 21.3. The van der Waals surface area contributed by atoms with E-state index in [1.807, 2.05) is 0 Å². The Bertz CT molecular complexity index is 1220. The molecule has 1 aromatic heterocycles. The average Bonchev–Trinajstić information content (AvgIpc) is 2.97. The SMILES string of the molecule is Cc1cc(F)c(CNC(=O)c2c3n4c(c(O)c2=O)C(=O)N2CCCC[C@]4(CC3)C2)c(F)c1. The number of nitrogens with one attached hydrogen (secondary N) is 1. The number of aromatic hydroxyl groups is 1. The molecule has 5 rings (SSSR count). The van der Waals surface area contributed by atoms with E-state index in [1.165, 1.54) is 0 Å². The van der Waals surface area contributed by atoms with E-state index < -0.39 is 46.7 Å². The van der Waals surface area contributed by atoms with Crippen LogP contribution < -0.4 is 10.7 Å². The highest BCUT2D eigenvalue weighted by Gasteiger charge is 2.50. The number of carbonyl (C=O) groups is 2. The van der Waals surface area contributed by atoms with E-state index in [4.69, 9.17) is 0 Å². The Morgan fingerprint density at radius 3 is 2.62 bits per heavy atom. The van der Waals surface area contributed by atoms with Gasteiger partial charge in [-0.25, -0.2) is 8.78 Å². The third kappa shape index (κ3) is 2.87. The molecule has 32 heavy (non-hydrogen) atoms. The lowest BCUT2D eigenvalue weighted by Crippen LogP contribution is -2.52. The Morgan fingerprint density at radius 1 is 1.19 bits per heavy atom. The van der Waals surface area contributed by atoms with Gasteiger partial charge in [0.15, 0.2) is 11.4 Å². The number of amides is 2. The second kappa shape index (κ2) is 7.15. The van der Waals surface area contributed by atoms with Gasteiger partial charge in [-0.2, -0.15) is 0 Å². The van der Waals surface area contributed by atoms with Gasteiger partial charge in [-0.05, 0) is 56.7 Å². The van der Waals surface area contributed by atoms with Crippen molar-refractivity contribution in [2.75, 3.05) is 13.1 Å². The molecule has 2 aromatic rings. The molecule has 2 bridgehead atoms. The largest absolute Gasteiger partial charge is 0.503 e. The lowest BCUT2D eigenvalue weighted by atomic mass is 9.89. The average molecular weight is 443 g/mol. The maximum absolute atomic E-state index is 14.2. The van der Waals surface area contributed by atoms with Crippen molar-refractivity contribution in [2.45, 2.75) is 51.1 Å². The molecule has 3 aliphatic heterocycles. The Hall–Kier alpha value is -3.23. The summed E-state index contributed by atoms with van der Waals surface area (Å²) in [4.78, 5) is 40.7. The first-order valence-corrected chi connectivity index (χ1v) is 10.8. The number of hydrogen-bond acceptors (Lipinski definition) is 4. The number of benzene rings is 1. The van der Waals surface area contributed by atoms with Gasteiger partial charge in [-0.3, -0.25) is 14.4 Å². The second-order valence-corrected chi connectivity index (χ2v) is 8.98. The van der Waals surface area contributed by atoms with Crippen molar-refractivity contribution < 1.29 is 23.5 Å². The van der Waals surface area contributed by atoms with Crippen LogP contribution in [0, 0.1) is 18.6 Å². The van der Waals surface area contributed by atoms with Gasteiger partial charge < -0.3 is 19.9 Å². The van der Waals surface area contributed by atoms with Gasteiger partial charge in [0.25, 0.3) is 11.8 Å². The Balaban J connectivity index is 1.57. The van der Waals surface area contributed by atoms with Crippen LogP contribution in [0.25, 0.3) is 0 Å². The van der Waals surface area contributed by atoms with Crippen molar-refractivity contribution in [3.63, 3.8) is 0 Å². The summed E-state index contributed by atoms with van der Waals surface area (Å²) in [6.07, 6.45) is 3.56. The van der Waals surface area contributed by atoms with Crippen molar-refractivity contribution in [2.24, 2.45) is 0 Å². The lowest BCUT2D eigenvalue weighted by molar-refractivity contribution is 0.0584. The summed E-state index contributed by atoms with van der Waals surface area (Å²) < 4.78 is 30.0. The summed E-state index contributed by atoms with van der Waals surface area (Å²) in [5.41, 5.74) is -1.20. The Morgan fingerprint density at radius 2 is 1.91 bits per heavy atom. The first-order chi connectivity index (χ1) is 15.2. The van der Waals surface area contributed by atoms with E-state index in [1.54, 1.807) is 16.4 Å². The van der Waals surface area contributed by atoms with Gasteiger partial charge in [0.1, 0.15) is 17.2 Å². The molecule has 1 saturated heterocycles. The molecular weight excluding hydrogens is 420 g/mol. The molecule has 7 nitrogen and oxygen atoms in total. The molecule has 1 spiro atoms. The summed E-state index contributed by atoms with van der Waals surface area (Å²) in [7, 11) is 0. The van der Waals surface area contributed by atoms with Crippen LogP contribution >= 0.6 is 0 Å². The van der Waals surface area contributed by atoms with Crippen LogP contribution in [0.4, 0.5) is 8.78 Å². The smallest absolute Gasteiger partial charge is 0.274 e. The standard InChI is InChI=1S/C23H23F2N3O4/c1-12-8-14(24)13(15(25)9-12)10-26-21(31)17-16-4-6-23-5-2-3-7-27(11-23)22(32)18(28(16)23)20(30)19(17)29/h8-9,30H,2-7,10-11H2,1H3,(H,26,31)/t23-/m0/s1. The lowest BCUT2D eigenvalue weighted by Gasteiger charge is -2.41. The Labute approximate surface area is 182 Å². The minimum Gasteiger partial charge on any atom is -0.503 e. The van der Waals surface area contributed by atoms with Crippen LogP contribution in [0.5, 0.6) is 5.75 Å². The van der Waals surface area contributed by atoms with Gasteiger partial charge in [-0.15, -0.1) is 0 Å². The summed E-state index contributed by atoms with van der Waals surface area (Å²) in [5.74, 6) is -3.55. The fourth-order valence-corrected chi connectivity index (χ4v) is 5.50. The van der Waals surface area contributed by atoms with E-state index in [9.17, 15) is 28.3 Å². The highest BCUT2D eigenvalue weighted by Crippen LogP contribution is 2.45. The maximum atomic E-state index is 14.2. The number of halogens is 2. The zero-order valence-corrected chi connectivity index (χ0v) is 17.6. The minimum atomic E-state index is -0.932. The first-order valence-electron chi connectivity index (χ1n) is 10.8. The fourth-order valence-electron chi connectivity index (χ4n) is 5.50. The first kappa shape index (κ1) is 20.7. The van der Waals surface area contributed by atoms with E-state index in [2.05, 4.69) is 5.32 Å². The molecular formula is C23H23F2N3O4. The topological polar surface area (TPSA) is 91.6 Å². The van der Waals surface area contributed by atoms with Crippen molar-refractivity contribution >= 4 is 11.8 Å². The monoisotopic (exact) mass is 443 g/mol. The van der Waals surface area contributed by atoms with E-state index in [0.717, 1.165) is 31.4 Å². The second-order valence-electron chi connectivity index (χ2n) is 8.98. The van der Waals surface area contributed by atoms with Crippen LogP contribution in [0.1, 0.15) is 63.4 Å². The molecule has 1 aromatic carbocycles. The van der Waals surface area contributed by atoms with Gasteiger partial charge in [0.05, 0.1) is 5.54 Å². The fraction of sp³-hybridized carbons (Fsp3) is 0.435. The zero-order valence-electron chi connectivity index (χ0n) is 17.6. The number of pyridine rings is 1. The van der Waals surface area contributed by atoms with E-state index >= 15 is 0 Å². The van der Waals surface area contributed by atoms with Crippen LogP contribution in [-0.2, 0) is 18.5 Å². The maximum Gasteiger partial charge on any atom is 0.274 e. The van der Waals surface area contributed by atoms with E-state index in [0.29, 0.717) is 37.2 Å². The summed E-state index contributed by atoms with van der Waals surface area (Å²) in [5, 5.41) is 13.1. The van der Waals surface area contributed by atoms with E-state index in [-0.39, 0.29) is 16.8 Å². The molecule has 168 valence electrons. The van der Waals surface area contributed by atoms with Crippen molar-refractivity contribution in [3.05, 3.63) is 62.1 Å². The third-order valence-corrected chi connectivity index (χ3v) is 6.98. The number of carbonyl (C=O) groups excluding carboxylic acids is 2. The number of rotatable bonds is 3. The van der Waals surface area contributed by atoms with Crippen LogP contribution in [0.2, 0.25) is 0 Å². The molecule has 3 aliphatic rings. The molecule has 0 aliphatic carbocycles. The number of fused-ring (bicyclic) bond motifs is 1. The molecule has 2 amide bonds. The molecule has 0 saturated carbocycles.